The van der Waals surface area contributed by atoms with Crippen molar-refractivity contribution in [2.75, 3.05) is 6.54 Å². The van der Waals surface area contributed by atoms with E-state index in [1.54, 1.807) is 31.2 Å². The number of aromatic hydroxyl groups is 2. The SMILES string of the molecule is CCC(C)C(NC(=O)C(Cc1ccc(O)cc1)NC(=O)C1CCCN1)C(=O)NC(Cc1ccc(O)cc1)C(=O)O. The van der Waals surface area contributed by atoms with Crippen LogP contribution in [-0.4, -0.2) is 69.7 Å². The van der Waals surface area contributed by atoms with Crippen LogP contribution < -0.4 is 21.3 Å². The third kappa shape index (κ3) is 8.70. The third-order valence-electron chi connectivity index (χ3n) is 7.17. The first-order valence-electron chi connectivity index (χ1n) is 13.5. The number of phenols is 2. The van der Waals surface area contributed by atoms with E-state index in [0.29, 0.717) is 30.5 Å². The maximum Gasteiger partial charge on any atom is 0.326 e. The van der Waals surface area contributed by atoms with Crippen molar-refractivity contribution in [2.24, 2.45) is 5.92 Å². The summed E-state index contributed by atoms with van der Waals surface area (Å²) in [5.74, 6) is -3.02. The number of carboxylic acids is 1. The number of hydrogen-bond acceptors (Lipinski definition) is 7. The lowest BCUT2D eigenvalue weighted by Gasteiger charge is -2.28. The van der Waals surface area contributed by atoms with Gasteiger partial charge >= 0.3 is 5.97 Å². The van der Waals surface area contributed by atoms with E-state index in [0.717, 1.165) is 6.42 Å². The zero-order valence-corrected chi connectivity index (χ0v) is 22.7. The van der Waals surface area contributed by atoms with E-state index < -0.39 is 42.0 Å². The van der Waals surface area contributed by atoms with Gasteiger partial charge in [-0.3, -0.25) is 14.4 Å². The Bertz CT molecular complexity index is 1160. The molecule has 2 aromatic rings. The number of phenolic OH excluding ortho intramolecular Hbond substituents is 2. The van der Waals surface area contributed by atoms with Gasteiger partial charge in [0.2, 0.25) is 17.7 Å². The van der Waals surface area contributed by atoms with Crippen molar-refractivity contribution in [1.82, 2.24) is 21.3 Å². The number of amides is 3. The molecule has 0 spiro atoms. The van der Waals surface area contributed by atoms with Gasteiger partial charge in [-0.25, -0.2) is 4.79 Å². The number of benzene rings is 2. The van der Waals surface area contributed by atoms with Crippen LogP contribution in [0.15, 0.2) is 48.5 Å². The summed E-state index contributed by atoms with van der Waals surface area (Å²) in [4.78, 5) is 51.7. The molecule has 5 unspecified atom stereocenters. The number of hydrogen-bond donors (Lipinski definition) is 7. The summed E-state index contributed by atoms with van der Waals surface area (Å²) in [6, 6.07) is 8.53. The fraction of sp³-hybridized carbons (Fsp3) is 0.448. The monoisotopic (exact) mass is 554 g/mol. The van der Waals surface area contributed by atoms with E-state index in [9.17, 15) is 34.5 Å². The topological polar surface area (TPSA) is 177 Å². The van der Waals surface area contributed by atoms with Crippen LogP contribution in [0.3, 0.4) is 0 Å². The summed E-state index contributed by atoms with van der Waals surface area (Å²) in [6.45, 7) is 4.33. The second kappa shape index (κ2) is 14.3. The van der Waals surface area contributed by atoms with Gasteiger partial charge in [-0.05, 0) is 60.7 Å². The van der Waals surface area contributed by atoms with Gasteiger partial charge in [-0.1, -0.05) is 44.5 Å². The molecule has 11 nitrogen and oxygen atoms in total. The fourth-order valence-electron chi connectivity index (χ4n) is 4.54. The largest absolute Gasteiger partial charge is 0.508 e. The predicted molar refractivity (Wildman–Crippen MR) is 148 cm³/mol. The quantitative estimate of drug-likeness (QED) is 0.193. The first kappa shape index (κ1) is 30.4. The average molecular weight is 555 g/mol. The van der Waals surface area contributed by atoms with Crippen LogP contribution in [0.1, 0.15) is 44.2 Å². The summed E-state index contributed by atoms with van der Waals surface area (Å²) in [7, 11) is 0. The lowest BCUT2D eigenvalue weighted by atomic mass is 9.96. The smallest absolute Gasteiger partial charge is 0.326 e. The minimum Gasteiger partial charge on any atom is -0.508 e. The van der Waals surface area contributed by atoms with Gasteiger partial charge in [-0.2, -0.15) is 0 Å². The van der Waals surface area contributed by atoms with Gasteiger partial charge in [0.25, 0.3) is 0 Å². The molecular formula is C29H38N4O7. The highest BCUT2D eigenvalue weighted by molar-refractivity contribution is 5.94. The molecule has 1 saturated heterocycles. The molecule has 5 atom stereocenters. The Labute approximate surface area is 233 Å². The lowest BCUT2D eigenvalue weighted by Crippen LogP contribution is -2.59. The molecule has 11 heteroatoms. The zero-order valence-electron chi connectivity index (χ0n) is 22.7. The van der Waals surface area contributed by atoms with Crippen LogP contribution in [0.2, 0.25) is 0 Å². The minimum absolute atomic E-state index is 0.0174. The van der Waals surface area contributed by atoms with Crippen molar-refractivity contribution in [1.29, 1.82) is 0 Å². The molecule has 3 rings (SSSR count). The molecular weight excluding hydrogens is 516 g/mol. The van der Waals surface area contributed by atoms with E-state index in [-0.39, 0.29) is 36.2 Å². The van der Waals surface area contributed by atoms with Crippen molar-refractivity contribution in [3.8, 4) is 11.5 Å². The molecule has 2 aromatic carbocycles. The fourth-order valence-corrected chi connectivity index (χ4v) is 4.54. The highest BCUT2D eigenvalue weighted by atomic mass is 16.4. The van der Waals surface area contributed by atoms with E-state index in [4.69, 9.17) is 0 Å². The molecule has 1 aliphatic rings. The molecule has 0 aliphatic carbocycles. The molecule has 1 aliphatic heterocycles. The second-order valence-corrected chi connectivity index (χ2v) is 10.2. The number of carboxylic acid groups (broad SMARTS) is 1. The second-order valence-electron chi connectivity index (χ2n) is 10.2. The first-order valence-corrected chi connectivity index (χ1v) is 13.5. The lowest BCUT2D eigenvalue weighted by molar-refractivity contribution is -0.142. The Morgan fingerprint density at radius 3 is 1.88 bits per heavy atom. The minimum atomic E-state index is -1.26. The molecule has 0 bridgehead atoms. The maximum atomic E-state index is 13.5. The number of aliphatic carboxylic acids is 1. The third-order valence-corrected chi connectivity index (χ3v) is 7.17. The predicted octanol–water partition coefficient (Wildman–Crippen LogP) is 1.22. The van der Waals surface area contributed by atoms with Crippen molar-refractivity contribution >= 4 is 23.7 Å². The summed E-state index contributed by atoms with van der Waals surface area (Å²) in [5.41, 5.74) is 1.30. The zero-order chi connectivity index (χ0) is 29.2. The molecule has 40 heavy (non-hydrogen) atoms. The van der Waals surface area contributed by atoms with Crippen molar-refractivity contribution < 1.29 is 34.5 Å². The molecule has 3 amide bonds. The molecule has 0 saturated carbocycles. The summed E-state index contributed by atoms with van der Waals surface area (Å²) >= 11 is 0. The summed E-state index contributed by atoms with van der Waals surface area (Å²) in [6.07, 6.45) is 2.12. The van der Waals surface area contributed by atoms with Gasteiger partial charge in [0, 0.05) is 12.8 Å². The summed E-state index contributed by atoms with van der Waals surface area (Å²) in [5, 5.41) is 40.0. The Balaban J connectivity index is 1.76. The molecule has 1 heterocycles. The molecule has 0 radical (unpaired) electrons. The molecule has 216 valence electrons. The Morgan fingerprint density at radius 2 is 1.40 bits per heavy atom. The highest BCUT2D eigenvalue weighted by Crippen LogP contribution is 2.15. The van der Waals surface area contributed by atoms with Crippen LogP contribution in [0.25, 0.3) is 0 Å². The van der Waals surface area contributed by atoms with Crippen LogP contribution >= 0.6 is 0 Å². The Morgan fingerprint density at radius 1 is 0.850 bits per heavy atom. The number of carbonyl (C=O) groups excluding carboxylic acids is 3. The van der Waals surface area contributed by atoms with Crippen LogP contribution in [-0.2, 0) is 32.0 Å². The maximum absolute atomic E-state index is 13.5. The van der Waals surface area contributed by atoms with E-state index in [2.05, 4.69) is 21.3 Å². The first-order chi connectivity index (χ1) is 19.1. The van der Waals surface area contributed by atoms with Gasteiger partial charge in [0.1, 0.15) is 29.6 Å². The molecule has 0 aromatic heterocycles. The van der Waals surface area contributed by atoms with Gasteiger partial charge < -0.3 is 36.6 Å². The summed E-state index contributed by atoms with van der Waals surface area (Å²) < 4.78 is 0. The number of nitrogens with one attached hydrogen (secondary N) is 4. The highest BCUT2D eigenvalue weighted by Gasteiger charge is 2.33. The number of carbonyl (C=O) groups is 4. The van der Waals surface area contributed by atoms with E-state index in [1.807, 2.05) is 6.92 Å². The van der Waals surface area contributed by atoms with Crippen molar-refractivity contribution in [2.45, 2.75) is 70.1 Å². The van der Waals surface area contributed by atoms with Crippen LogP contribution in [0.5, 0.6) is 11.5 Å². The van der Waals surface area contributed by atoms with Crippen molar-refractivity contribution in [3.05, 3.63) is 59.7 Å². The Hall–Kier alpha value is -4.12. The standard InChI is InChI=1S/C29H38N4O7/c1-3-17(2)25(28(38)32-24(29(39)40)16-19-8-12-21(35)13-9-19)33-27(37)23(15-18-6-10-20(34)11-7-18)31-26(36)22-5-4-14-30-22/h6-13,17,22-25,30,34-35H,3-5,14-16H2,1-2H3,(H,31,36)(H,32,38)(H,33,37)(H,39,40). The van der Waals surface area contributed by atoms with E-state index in [1.165, 1.54) is 24.3 Å². The Kier molecular flexibility index (Phi) is 10.9. The van der Waals surface area contributed by atoms with Crippen LogP contribution in [0.4, 0.5) is 0 Å². The average Bonchev–Trinajstić information content (AvgIpc) is 3.48. The van der Waals surface area contributed by atoms with Gasteiger partial charge in [0.15, 0.2) is 0 Å². The normalized spacial score (nSPS) is 17.7. The molecule has 7 N–H and O–H groups in total. The number of rotatable bonds is 13. The van der Waals surface area contributed by atoms with Gasteiger partial charge in [-0.15, -0.1) is 0 Å². The van der Waals surface area contributed by atoms with E-state index >= 15 is 0 Å². The molecule has 1 fully saturated rings. The van der Waals surface area contributed by atoms with Gasteiger partial charge in [0.05, 0.1) is 6.04 Å². The van der Waals surface area contributed by atoms with Crippen molar-refractivity contribution in [3.63, 3.8) is 0 Å². The van der Waals surface area contributed by atoms with Crippen LogP contribution in [0, 0.1) is 5.92 Å².